The molecule has 33 heavy (non-hydrogen) atoms. The van der Waals surface area contributed by atoms with E-state index in [9.17, 15) is 5.11 Å². The molecule has 0 bridgehead atoms. The minimum absolute atomic E-state index is 0.0633. The highest BCUT2D eigenvalue weighted by atomic mass is 127. The summed E-state index contributed by atoms with van der Waals surface area (Å²) in [5.41, 5.74) is 0.489. The van der Waals surface area contributed by atoms with E-state index in [0.717, 1.165) is 0 Å². The molecule has 0 saturated carbocycles. The van der Waals surface area contributed by atoms with Crippen molar-refractivity contribution in [2.75, 3.05) is 0 Å². The summed E-state index contributed by atoms with van der Waals surface area (Å²) in [5.74, 6) is 2.51. The number of benzene rings is 2. The summed E-state index contributed by atoms with van der Waals surface area (Å²) < 4.78 is 24.0. The summed E-state index contributed by atoms with van der Waals surface area (Å²) in [6.07, 6.45) is -1.02. The summed E-state index contributed by atoms with van der Waals surface area (Å²) in [7, 11) is 0. The Morgan fingerprint density at radius 3 is 1.61 bits per heavy atom. The van der Waals surface area contributed by atoms with Crippen molar-refractivity contribution in [3.8, 4) is 23.0 Å². The number of hydrogen-bond donors (Lipinski definition) is 1. The van der Waals surface area contributed by atoms with Gasteiger partial charge in [0.2, 0.25) is 0 Å². The molecule has 0 saturated heterocycles. The third-order valence-corrected chi connectivity index (χ3v) is 4.34. The molecular formula is C27H39IO5. The van der Waals surface area contributed by atoms with Crippen molar-refractivity contribution in [3.63, 3.8) is 0 Å². The highest BCUT2D eigenvalue weighted by molar-refractivity contribution is 14.1. The van der Waals surface area contributed by atoms with Gasteiger partial charge < -0.3 is 24.1 Å². The van der Waals surface area contributed by atoms with Gasteiger partial charge in [-0.3, -0.25) is 0 Å². The lowest BCUT2D eigenvalue weighted by molar-refractivity contribution is 0.115. The Morgan fingerprint density at radius 2 is 1.15 bits per heavy atom. The fourth-order valence-electron chi connectivity index (χ4n) is 3.18. The molecule has 184 valence electrons. The van der Waals surface area contributed by atoms with Crippen LogP contribution in [-0.2, 0) is 0 Å². The van der Waals surface area contributed by atoms with Crippen LogP contribution in [0.3, 0.4) is 0 Å². The molecule has 0 spiro atoms. The normalized spacial score (nSPS) is 13.6. The molecule has 1 atom stereocenters. The first kappa shape index (κ1) is 27.6. The lowest BCUT2D eigenvalue weighted by Gasteiger charge is -2.28. The molecule has 0 heterocycles. The molecular weight excluding hydrogens is 531 g/mol. The van der Waals surface area contributed by atoms with Gasteiger partial charge in [-0.25, -0.2) is 0 Å². The molecule has 2 aromatic carbocycles. The molecule has 0 aliphatic rings. The van der Waals surface area contributed by atoms with E-state index < -0.39 is 11.7 Å². The second kappa shape index (κ2) is 10.3. The van der Waals surface area contributed by atoms with Gasteiger partial charge in [-0.2, -0.15) is 0 Å². The van der Waals surface area contributed by atoms with Crippen molar-refractivity contribution < 1.29 is 24.1 Å². The number of hydrogen-bond acceptors (Lipinski definition) is 5. The fraction of sp³-hybridized carbons (Fsp3) is 0.556. The van der Waals surface area contributed by atoms with E-state index in [2.05, 4.69) is 22.6 Å². The molecule has 0 aromatic heterocycles. The fourth-order valence-corrected chi connectivity index (χ4v) is 3.44. The van der Waals surface area contributed by atoms with Crippen molar-refractivity contribution in [1.82, 2.24) is 0 Å². The Morgan fingerprint density at radius 1 is 0.697 bits per heavy atom. The van der Waals surface area contributed by atoms with Crippen LogP contribution in [0.4, 0.5) is 0 Å². The largest absolute Gasteiger partial charge is 0.490 e. The predicted molar refractivity (Wildman–Crippen MR) is 142 cm³/mol. The first-order chi connectivity index (χ1) is 14.9. The second-order valence-electron chi connectivity index (χ2n) is 10.9. The maximum absolute atomic E-state index is 11.5. The van der Waals surface area contributed by atoms with Gasteiger partial charge in [-0.15, -0.1) is 0 Å². The molecule has 0 fully saturated rings. The number of aliphatic hydroxyl groups is 1. The van der Waals surface area contributed by atoms with E-state index in [1.54, 1.807) is 0 Å². The van der Waals surface area contributed by atoms with Gasteiger partial charge in [0.25, 0.3) is 0 Å². The Hall–Kier alpha value is -1.67. The molecule has 2 rings (SSSR count). The van der Waals surface area contributed by atoms with Gasteiger partial charge in [0.1, 0.15) is 40.3 Å². The number of rotatable bonds is 8. The first-order valence-corrected chi connectivity index (χ1v) is 12.4. The molecule has 0 aliphatic carbocycles. The van der Waals surface area contributed by atoms with Crippen molar-refractivity contribution >= 4 is 22.6 Å². The van der Waals surface area contributed by atoms with Crippen molar-refractivity contribution in [2.24, 2.45) is 0 Å². The third-order valence-electron chi connectivity index (χ3n) is 4.12. The summed E-state index contributed by atoms with van der Waals surface area (Å²) >= 11 is 2.24. The van der Waals surface area contributed by atoms with E-state index in [1.165, 1.54) is 0 Å². The molecule has 0 amide bonds. The zero-order chi connectivity index (χ0) is 25.2. The molecule has 1 N–H and O–H groups in total. The Balaban J connectivity index is 2.54. The summed E-state index contributed by atoms with van der Waals surface area (Å²) in [4.78, 5) is 0. The molecule has 2 aromatic rings. The van der Waals surface area contributed by atoms with E-state index in [-0.39, 0.29) is 15.3 Å². The topological polar surface area (TPSA) is 57.2 Å². The van der Waals surface area contributed by atoms with E-state index in [1.807, 2.05) is 106 Å². The Bertz CT molecular complexity index is 933. The average molecular weight is 571 g/mol. The van der Waals surface area contributed by atoms with Crippen molar-refractivity contribution in [1.29, 1.82) is 0 Å². The number of ether oxygens (including phenoxy) is 4. The molecule has 5 nitrogen and oxygen atoms in total. The van der Waals surface area contributed by atoms with Gasteiger partial charge in [-0.05, 0) is 116 Å². The van der Waals surface area contributed by atoms with Gasteiger partial charge in [0, 0.05) is 23.3 Å². The minimum atomic E-state index is -0.957. The smallest absolute Gasteiger partial charge is 0.153 e. The summed E-state index contributed by atoms with van der Waals surface area (Å²) in [5, 5.41) is 11.5. The van der Waals surface area contributed by atoms with Crippen LogP contribution in [0, 0.1) is 0 Å². The molecule has 6 heteroatoms. The van der Waals surface area contributed by atoms with Crippen LogP contribution < -0.4 is 18.9 Å². The van der Waals surface area contributed by atoms with E-state index >= 15 is 0 Å². The van der Waals surface area contributed by atoms with Crippen molar-refractivity contribution in [2.45, 2.75) is 96.3 Å². The lowest BCUT2D eigenvalue weighted by atomic mass is 9.98. The zero-order valence-corrected chi connectivity index (χ0v) is 23.7. The highest BCUT2D eigenvalue weighted by Crippen LogP contribution is 2.40. The minimum Gasteiger partial charge on any atom is -0.490 e. The highest BCUT2D eigenvalue weighted by Gasteiger charge is 2.25. The summed E-state index contributed by atoms with van der Waals surface area (Å²) in [6.45, 7) is 19.8. The van der Waals surface area contributed by atoms with Crippen LogP contribution in [0.2, 0.25) is 0 Å². The summed E-state index contributed by atoms with van der Waals surface area (Å²) in [6, 6.07) is 11.1. The van der Waals surface area contributed by atoms with Gasteiger partial charge in [0.05, 0.1) is 6.10 Å². The zero-order valence-electron chi connectivity index (χ0n) is 21.6. The van der Waals surface area contributed by atoms with Crippen LogP contribution in [0.15, 0.2) is 36.4 Å². The van der Waals surface area contributed by atoms with Crippen molar-refractivity contribution in [3.05, 3.63) is 47.5 Å². The second-order valence-corrected chi connectivity index (χ2v) is 13.5. The van der Waals surface area contributed by atoms with Gasteiger partial charge in [-0.1, -0.05) is 0 Å². The maximum Gasteiger partial charge on any atom is 0.153 e. The predicted octanol–water partition coefficient (Wildman–Crippen LogP) is 7.46. The van der Waals surface area contributed by atoms with E-state index in [4.69, 9.17) is 18.9 Å². The lowest BCUT2D eigenvalue weighted by Crippen LogP contribution is -2.25. The average Bonchev–Trinajstić information content (AvgIpc) is 2.57. The van der Waals surface area contributed by atoms with Crippen LogP contribution in [0.25, 0.3) is 0 Å². The van der Waals surface area contributed by atoms with Gasteiger partial charge in [0.15, 0.2) is 3.61 Å². The SMILES string of the molecule is CC(C)Oc1cc(OC(C)(C)I)ccc1C(O)c1ccc(OC(C)(C)C)cc1OC(C)(C)C. The molecule has 0 aliphatic heterocycles. The number of alkyl halides is 1. The Kier molecular flexibility index (Phi) is 8.61. The van der Waals surface area contributed by atoms with Gasteiger partial charge >= 0.3 is 0 Å². The molecule has 1 unspecified atom stereocenters. The van der Waals surface area contributed by atoms with Crippen LogP contribution in [0.5, 0.6) is 23.0 Å². The number of aliphatic hydroxyl groups excluding tert-OH is 1. The quantitative estimate of drug-likeness (QED) is 0.264. The van der Waals surface area contributed by atoms with Crippen LogP contribution in [0.1, 0.15) is 86.5 Å². The maximum atomic E-state index is 11.5. The standard InChI is InChI=1S/C27H39IO5/c1-17(2)30-22-15-19(32-27(9,10)28)12-13-20(22)24(29)21-14-11-18(31-25(3,4)5)16-23(21)33-26(6,7)8/h11-17,24,29H,1-10H3. The van der Waals surface area contributed by atoms with Crippen LogP contribution in [-0.4, -0.2) is 26.0 Å². The first-order valence-electron chi connectivity index (χ1n) is 11.3. The number of halogens is 1. The monoisotopic (exact) mass is 570 g/mol. The molecule has 0 radical (unpaired) electrons. The van der Waals surface area contributed by atoms with E-state index in [0.29, 0.717) is 34.1 Å². The Labute approximate surface area is 212 Å². The third kappa shape index (κ3) is 9.24. The van der Waals surface area contributed by atoms with Crippen LogP contribution >= 0.6 is 22.6 Å².